The SMILES string of the molecule is N[C@H](CSCc1cccc(C(F)(F)F)c1)C(=O)O. The normalized spacial score (nSPS) is 13.3. The molecule has 0 saturated carbocycles. The number of thioether (sulfide) groups is 1. The molecule has 7 heteroatoms. The van der Waals surface area contributed by atoms with Gasteiger partial charge < -0.3 is 10.8 Å². The van der Waals surface area contributed by atoms with Crippen LogP contribution in [0, 0.1) is 0 Å². The van der Waals surface area contributed by atoms with Crippen molar-refractivity contribution in [3.05, 3.63) is 35.4 Å². The van der Waals surface area contributed by atoms with Crippen molar-refractivity contribution in [2.45, 2.75) is 18.0 Å². The second-order valence-electron chi connectivity index (χ2n) is 3.66. The third-order valence-electron chi connectivity index (χ3n) is 2.14. The van der Waals surface area contributed by atoms with Crippen molar-refractivity contribution in [1.82, 2.24) is 0 Å². The highest BCUT2D eigenvalue weighted by Gasteiger charge is 2.30. The highest BCUT2D eigenvalue weighted by atomic mass is 32.2. The molecule has 100 valence electrons. The number of nitrogens with two attached hydrogens (primary N) is 1. The molecule has 18 heavy (non-hydrogen) atoms. The zero-order chi connectivity index (χ0) is 13.8. The van der Waals surface area contributed by atoms with Gasteiger partial charge in [-0.2, -0.15) is 24.9 Å². The first-order valence-corrected chi connectivity index (χ1v) is 6.18. The molecule has 0 aliphatic carbocycles. The Hall–Kier alpha value is -1.21. The van der Waals surface area contributed by atoms with Gasteiger partial charge in [0.15, 0.2) is 0 Å². The molecule has 1 aromatic carbocycles. The van der Waals surface area contributed by atoms with Crippen molar-refractivity contribution in [1.29, 1.82) is 0 Å². The summed E-state index contributed by atoms with van der Waals surface area (Å²) in [6, 6.07) is 3.95. The lowest BCUT2D eigenvalue weighted by Gasteiger charge is -2.09. The zero-order valence-electron chi connectivity index (χ0n) is 9.28. The van der Waals surface area contributed by atoms with Crippen LogP contribution in [0.25, 0.3) is 0 Å². The summed E-state index contributed by atoms with van der Waals surface area (Å²) in [5, 5.41) is 8.54. The third kappa shape index (κ3) is 4.58. The fraction of sp³-hybridized carbons (Fsp3) is 0.364. The molecular weight excluding hydrogens is 267 g/mol. The molecule has 0 fully saturated rings. The molecule has 3 nitrogen and oxygen atoms in total. The Morgan fingerprint density at radius 3 is 2.67 bits per heavy atom. The van der Waals surface area contributed by atoms with Crippen molar-refractivity contribution in [2.24, 2.45) is 5.73 Å². The summed E-state index contributed by atoms with van der Waals surface area (Å²) in [4.78, 5) is 10.4. The summed E-state index contributed by atoms with van der Waals surface area (Å²) in [5.41, 5.74) is 5.07. The van der Waals surface area contributed by atoms with Gasteiger partial charge in [-0.25, -0.2) is 0 Å². The minimum atomic E-state index is -4.36. The van der Waals surface area contributed by atoms with E-state index in [4.69, 9.17) is 10.8 Å². The minimum Gasteiger partial charge on any atom is -0.480 e. The van der Waals surface area contributed by atoms with Crippen molar-refractivity contribution < 1.29 is 23.1 Å². The van der Waals surface area contributed by atoms with Gasteiger partial charge in [0.25, 0.3) is 0 Å². The molecule has 0 heterocycles. The number of aliphatic carboxylic acids is 1. The van der Waals surface area contributed by atoms with Crippen LogP contribution in [-0.4, -0.2) is 22.9 Å². The quantitative estimate of drug-likeness (QED) is 0.868. The standard InChI is InChI=1S/C11H12F3NO2S/c12-11(13,14)8-3-1-2-7(4-8)5-18-6-9(15)10(16)17/h1-4,9H,5-6,15H2,(H,16,17)/t9-/m1/s1. The Kier molecular flexibility index (Phi) is 5.03. The molecule has 0 aliphatic rings. The molecule has 0 spiro atoms. The topological polar surface area (TPSA) is 63.3 Å². The second kappa shape index (κ2) is 6.10. The number of hydrogen-bond donors (Lipinski definition) is 2. The number of carbonyl (C=O) groups is 1. The molecule has 1 aromatic rings. The van der Waals surface area contributed by atoms with Crippen LogP contribution in [0.2, 0.25) is 0 Å². The van der Waals surface area contributed by atoms with Crippen LogP contribution in [0.5, 0.6) is 0 Å². The molecule has 3 N–H and O–H groups in total. The Morgan fingerprint density at radius 2 is 2.11 bits per heavy atom. The maximum Gasteiger partial charge on any atom is 0.416 e. The average molecular weight is 279 g/mol. The van der Waals surface area contributed by atoms with Crippen LogP contribution in [-0.2, 0) is 16.7 Å². The molecule has 0 saturated heterocycles. The molecule has 0 radical (unpaired) electrons. The Morgan fingerprint density at radius 1 is 1.44 bits per heavy atom. The van der Waals surface area contributed by atoms with E-state index < -0.39 is 23.8 Å². The van der Waals surface area contributed by atoms with Gasteiger partial charge in [0.2, 0.25) is 0 Å². The van der Waals surface area contributed by atoms with Gasteiger partial charge in [0, 0.05) is 11.5 Å². The summed E-state index contributed by atoms with van der Waals surface area (Å²) in [6.07, 6.45) is -4.36. The van der Waals surface area contributed by atoms with E-state index in [1.165, 1.54) is 17.8 Å². The third-order valence-corrected chi connectivity index (χ3v) is 3.27. The van der Waals surface area contributed by atoms with Crippen molar-refractivity contribution >= 4 is 17.7 Å². The number of halogens is 3. The van der Waals surface area contributed by atoms with E-state index in [2.05, 4.69) is 0 Å². The van der Waals surface area contributed by atoms with Crippen LogP contribution >= 0.6 is 11.8 Å². The first-order valence-electron chi connectivity index (χ1n) is 5.03. The summed E-state index contributed by atoms with van der Waals surface area (Å²) >= 11 is 1.19. The molecule has 0 unspecified atom stereocenters. The van der Waals surface area contributed by atoms with E-state index in [9.17, 15) is 18.0 Å². The van der Waals surface area contributed by atoms with Crippen molar-refractivity contribution in [2.75, 3.05) is 5.75 Å². The maximum atomic E-state index is 12.4. The van der Waals surface area contributed by atoms with E-state index in [0.29, 0.717) is 11.3 Å². The van der Waals surface area contributed by atoms with Crippen LogP contribution in [0.3, 0.4) is 0 Å². The summed E-state index contributed by atoms with van der Waals surface area (Å²) in [6.45, 7) is 0. The highest BCUT2D eigenvalue weighted by Crippen LogP contribution is 2.30. The van der Waals surface area contributed by atoms with Crippen LogP contribution in [0.4, 0.5) is 13.2 Å². The predicted octanol–water partition coefficient (Wildman–Crippen LogP) is 2.35. The van der Waals surface area contributed by atoms with E-state index >= 15 is 0 Å². The first-order chi connectivity index (χ1) is 8.30. The van der Waals surface area contributed by atoms with Crippen LogP contribution in [0.15, 0.2) is 24.3 Å². The van der Waals surface area contributed by atoms with E-state index in [-0.39, 0.29) is 5.75 Å². The average Bonchev–Trinajstić information content (AvgIpc) is 2.28. The molecular formula is C11H12F3NO2S. The first kappa shape index (κ1) is 14.8. The monoisotopic (exact) mass is 279 g/mol. The van der Waals surface area contributed by atoms with Gasteiger partial charge >= 0.3 is 12.1 Å². The number of carboxylic acids is 1. The lowest BCUT2D eigenvalue weighted by Crippen LogP contribution is -2.32. The fourth-order valence-electron chi connectivity index (χ4n) is 1.21. The van der Waals surface area contributed by atoms with E-state index in [1.807, 2.05) is 0 Å². The number of benzene rings is 1. The van der Waals surface area contributed by atoms with Crippen LogP contribution < -0.4 is 5.73 Å². The largest absolute Gasteiger partial charge is 0.480 e. The molecule has 0 aliphatic heterocycles. The highest BCUT2D eigenvalue weighted by molar-refractivity contribution is 7.98. The second-order valence-corrected chi connectivity index (χ2v) is 4.69. The molecule has 1 atom stereocenters. The molecule has 0 bridgehead atoms. The lowest BCUT2D eigenvalue weighted by atomic mass is 10.1. The molecule has 1 rings (SSSR count). The van der Waals surface area contributed by atoms with Crippen molar-refractivity contribution in [3.8, 4) is 0 Å². The van der Waals surface area contributed by atoms with E-state index in [0.717, 1.165) is 12.1 Å². The van der Waals surface area contributed by atoms with Crippen LogP contribution in [0.1, 0.15) is 11.1 Å². The van der Waals surface area contributed by atoms with Gasteiger partial charge in [0.1, 0.15) is 6.04 Å². The Labute approximate surface area is 106 Å². The van der Waals surface area contributed by atoms with Crippen molar-refractivity contribution in [3.63, 3.8) is 0 Å². The lowest BCUT2D eigenvalue weighted by molar-refractivity contribution is -0.138. The predicted molar refractivity (Wildman–Crippen MR) is 63.2 cm³/mol. The van der Waals surface area contributed by atoms with Gasteiger partial charge in [-0.05, 0) is 11.6 Å². The number of hydrogen-bond acceptors (Lipinski definition) is 3. The zero-order valence-corrected chi connectivity index (χ0v) is 10.1. The number of rotatable bonds is 5. The minimum absolute atomic E-state index is 0.158. The molecule has 0 aromatic heterocycles. The smallest absolute Gasteiger partial charge is 0.416 e. The molecule has 0 amide bonds. The Bertz CT molecular complexity index is 423. The van der Waals surface area contributed by atoms with Gasteiger partial charge in [-0.1, -0.05) is 18.2 Å². The van der Waals surface area contributed by atoms with Gasteiger partial charge in [0.05, 0.1) is 5.56 Å². The maximum absolute atomic E-state index is 12.4. The van der Waals surface area contributed by atoms with E-state index in [1.54, 1.807) is 6.07 Å². The van der Waals surface area contributed by atoms with Gasteiger partial charge in [-0.15, -0.1) is 0 Å². The van der Waals surface area contributed by atoms with Gasteiger partial charge in [-0.3, -0.25) is 4.79 Å². The Balaban J connectivity index is 2.56. The summed E-state index contributed by atoms with van der Waals surface area (Å²) in [5.74, 6) is -0.664. The number of alkyl halides is 3. The summed E-state index contributed by atoms with van der Waals surface area (Å²) in [7, 11) is 0. The summed E-state index contributed by atoms with van der Waals surface area (Å²) < 4.78 is 37.3. The fourth-order valence-corrected chi connectivity index (χ4v) is 2.14. The number of carboxylic acid groups (broad SMARTS) is 1.